The Morgan fingerprint density at radius 3 is 2.63 bits per heavy atom. The Morgan fingerprint density at radius 1 is 0.963 bits per heavy atom. The quantitative estimate of drug-likeness (QED) is 0.604. The fourth-order valence-corrected chi connectivity index (χ4v) is 4.87. The Bertz CT molecular complexity index is 733. The van der Waals surface area contributed by atoms with Gasteiger partial charge in [-0.05, 0) is 74.1 Å². The van der Waals surface area contributed by atoms with Gasteiger partial charge in [0.1, 0.15) is 0 Å². The first-order valence-electron chi connectivity index (χ1n) is 11.1. The molecule has 0 radical (unpaired) electrons. The van der Waals surface area contributed by atoms with Crippen molar-refractivity contribution >= 4 is 5.69 Å². The first kappa shape index (κ1) is 18.4. The van der Waals surface area contributed by atoms with Gasteiger partial charge in [-0.2, -0.15) is 0 Å². The number of nitrogens with one attached hydrogen (secondary N) is 1. The summed E-state index contributed by atoms with van der Waals surface area (Å²) in [5.41, 5.74) is 10.9. The van der Waals surface area contributed by atoms with E-state index in [4.69, 9.17) is 0 Å². The number of hydrogen-bond acceptors (Lipinski definition) is 2. The fourth-order valence-electron chi connectivity index (χ4n) is 4.87. The maximum Gasteiger partial charge on any atom is 0.0615 e. The Hall–Kier alpha value is -1.96. The Morgan fingerprint density at radius 2 is 1.78 bits per heavy atom. The molecule has 1 fully saturated rings. The second-order valence-corrected chi connectivity index (χ2v) is 8.43. The molecule has 0 spiro atoms. The number of aryl methyl sites for hydroxylation is 1. The molecule has 1 aromatic carbocycles. The van der Waals surface area contributed by atoms with E-state index in [1.54, 1.807) is 0 Å². The van der Waals surface area contributed by atoms with E-state index >= 15 is 0 Å². The predicted octanol–water partition coefficient (Wildman–Crippen LogP) is 7.36. The van der Waals surface area contributed by atoms with Crippen LogP contribution in [0.3, 0.4) is 0 Å². The first-order valence-corrected chi connectivity index (χ1v) is 11.1. The molecule has 0 saturated heterocycles. The topological polar surface area (TPSA) is 15.3 Å². The van der Waals surface area contributed by atoms with Crippen molar-refractivity contribution in [1.82, 2.24) is 5.01 Å². The molecule has 0 unspecified atom stereocenters. The van der Waals surface area contributed by atoms with Gasteiger partial charge in [0, 0.05) is 6.20 Å². The minimum atomic E-state index is 0.694. The zero-order valence-corrected chi connectivity index (χ0v) is 16.8. The van der Waals surface area contributed by atoms with Crippen LogP contribution in [0.2, 0.25) is 0 Å². The molecule has 144 valence electrons. The van der Waals surface area contributed by atoms with Gasteiger partial charge in [0.25, 0.3) is 0 Å². The highest BCUT2D eigenvalue weighted by Gasteiger charge is 2.21. The Balaban J connectivity index is 1.61. The van der Waals surface area contributed by atoms with E-state index in [1.807, 2.05) is 0 Å². The van der Waals surface area contributed by atoms with Crippen molar-refractivity contribution in [3.8, 4) is 0 Å². The second-order valence-electron chi connectivity index (χ2n) is 8.43. The molecular weight excluding hydrogens is 328 g/mol. The average molecular weight is 363 g/mol. The van der Waals surface area contributed by atoms with Crippen molar-refractivity contribution in [3.63, 3.8) is 0 Å². The molecule has 0 aromatic heterocycles. The van der Waals surface area contributed by atoms with E-state index in [9.17, 15) is 0 Å². The minimum absolute atomic E-state index is 0.694. The van der Waals surface area contributed by atoms with Crippen molar-refractivity contribution in [3.05, 3.63) is 65.0 Å². The van der Waals surface area contributed by atoms with E-state index in [0.29, 0.717) is 5.92 Å². The van der Waals surface area contributed by atoms with Gasteiger partial charge in [-0.1, -0.05) is 62.5 Å². The fraction of sp³-hybridized carbons (Fsp3) is 0.520. The Kier molecular flexibility index (Phi) is 6.01. The van der Waals surface area contributed by atoms with Crippen LogP contribution in [-0.4, -0.2) is 5.01 Å². The molecule has 1 saturated carbocycles. The molecule has 2 aliphatic carbocycles. The van der Waals surface area contributed by atoms with Gasteiger partial charge in [-0.3, -0.25) is 10.4 Å². The summed E-state index contributed by atoms with van der Waals surface area (Å²) in [6, 6.07) is 6.87. The average Bonchev–Trinajstić information content (AvgIpc) is 2.90. The zero-order chi connectivity index (χ0) is 18.5. The van der Waals surface area contributed by atoms with Crippen molar-refractivity contribution in [2.75, 3.05) is 5.43 Å². The number of hydrazine groups is 1. The first-order chi connectivity index (χ1) is 13.3. The molecule has 4 rings (SSSR count). The number of fused-ring (bicyclic) bond motifs is 1. The molecule has 0 bridgehead atoms. The number of anilines is 1. The number of para-hydroxylation sites is 1. The van der Waals surface area contributed by atoms with Crippen LogP contribution >= 0.6 is 0 Å². The number of benzene rings is 1. The normalized spacial score (nSPS) is 21.4. The van der Waals surface area contributed by atoms with Gasteiger partial charge in [0.2, 0.25) is 0 Å². The van der Waals surface area contributed by atoms with Crippen LogP contribution < -0.4 is 5.43 Å². The van der Waals surface area contributed by atoms with Gasteiger partial charge in [0.15, 0.2) is 0 Å². The summed E-state index contributed by atoms with van der Waals surface area (Å²) in [5.74, 6) is 0.694. The van der Waals surface area contributed by atoms with E-state index < -0.39 is 0 Å². The van der Waals surface area contributed by atoms with Gasteiger partial charge in [0.05, 0.1) is 11.4 Å². The van der Waals surface area contributed by atoms with E-state index in [1.165, 1.54) is 98.7 Å². The summed E-state index contributed by atoms with van der Waals surface area (Å²) in [5, 5.41) is 2.27. The highest BCUT2D eigenvalue weighted by atomic mass is 15.5. The summed E-state index contributed by atoms with van der Waals surface area (Å²) < 4.78 is 0. The predicted molar refractivity (Wildman–Crippen MR) is 115 cm³/mol. The molecule has 3 aliphatic rings. The molecule has 1 aliphatic heterocycles. The lowest BCUT2D eigenvalue weighted by atomic mass is 9.84. The molecule has 0 atom stereocenters. The maximum absolute atomic E-state index is 3.82. The number of hydrogen-bond donors (Lipinski definition) is 1. The summed E-state index contributed by atoms with van der Waals surface area (Å²) in [6.45, 7) is 2.25. The van der Waals surface area contributed by atoms with Crippen LogP contribution in [0.4, 0.5) is 5.69 Å². The number of nitrogens with zero attached hydrogens (tertiary/aromatic N) is 1. The van der Waals surface area contributed by atoms with Crippen molar-refractivity contribution in [2.24, 2.45) is 0 Å². The molecule has 1 heterocycles. The van der Waals surface area contributed by atoms with E-state index in [0.717, 1.165) is 0 Å². The number of allylic oxidation sites excluding steroid dienone is 4. The van der Waals surface area contributed by atoms with Crippen LogP contribution in [0, 0.1) is 6.92 Å². The molecule has 0 amide bonds. The third-order valence-electron chi connectivity index (χ3n) is 6.44. The van der Waals surface area contributed by atoms with Crippen molar-refractivity contribution in [1.29, 1.82) is 0 Å². The third-order valence-corrected chi connectivity index (χ3v) is 6.44. The van der Waals surface area contributed by atoms with Gasteiger partial charge >= 0.3 is 0 Å². The van der Waals surface area contributed by atoms with Crippen LogP contribution in [0.5, 0.6) is 0 Å². The molecule has 2 nitrogen and oxygen atoms in total. The molecule has 2 heteroatoms. The minimum Gasteiger partial charge on any atom is -0.294 e. The summed E-state index contributed by atoms with van der Waals surface area (Å²) >= 11 is 0. The van der Waals surface area contributed by atoms with Crippen LogP contribution in [-0.2, 0) is 0 Å². The standard InChI is InChI=1S/C25H34N2/c1-20-12-10-17-23(21-13-6-3-2-4-7-14-21)25(20)26-27-19-11-16-22-15-8-5-9-18-24(22)27/h10-12,16-19,21,26H,2-9,13-15H2,1H3. The largest absolute Gasteiger partial charge is 0.294 e. The highest BCUT2D eigenvalue weighted by Crippen LogP contribution is 2.38. The summed E-state index contributed by atoms with van der Waals surface area (Å²) in [6.07, 6.45) is 23.7. The lowest BCUT2D eigenvalue weighted by Crippen LogP contribution is -2.27. The highest BCUT2D eigenvalue weighted by molar-refractivity contribution is 5.59. The monoisotopic (exact) mass is 362 g/mol. The summed E-state index contributed by atoms with van der Waals surface area (Å²) in [7, 11) is 0. The lowest BCUT2D eigenvalue weighted by molar-refractivity contribution is 0.454. The van der Waals surface area contributed by atoms with E-state index in [-0.39, 0.29) is 0 Å². The molecule has 27 heavy (non-hydrogen) atoms. The molecular formula is C25H34N2. The molecule has 1 N–H and O–H groups in total. The van der Waals surface area contributed by atoms with Crippen LogP contribution in [0.25, 0.3) is 0 Å². The van der Waals surface area contributed by atoms with Gasteiger partial charge < -0.3 is 0 Å². The van der Waals surface area contributed by atoms with Gasteiger partial charge in [-0.25, -0.2) is 0 Å². The Labute approximate surface area is 165 Å². The third kappa shape index (κ3) is 4.31. The van der Waals surface area contributed by atoms with Gasteiger partial charge in [-0.15, -0.1) is 0 Å². The molecule has 1 aromatic rings. The zero-order valence-electron chi connectivity index (χ0n) is 16.8. The lowest BCUT2D eigenvalue weighted by Gasteiger charge is -2.32. The van der Waals surface area contributed by atoms with Crippen LogP contribution in [0.15, 0.2) is 53.9 Å². The van der Waals surface area contributed by atoms with Crippen molar-refractivity contribution < 1.29 is 0 Å². The van der Waals surface area contributed by atoms with Crippen LogP contribution in [0.1, 0.15) is 87.7 Å². The number of rotatable bonds is 3. The smallest absolute Gasteiger partial charge is 0.0615 e. The van der Waals surface area contributed by atoms with Crippen molar-refractivity contribution in [2.45, 2.75) is 83.5 Å². The summed E-state index contributed by atoms with van der Waals surface area (Å²) in [4.78, 5) is 0. The second kappa shape index (κ2) is 8.82. The SMILES string of the molecule is Cc1cccc(C2CCCCCCC2)c1NN1C=CC=C2CCCCC=C21. The maximum atomic E-state index is 3.82. The van der Waals surface area contributed by atoms with E-state index in [2.05, 4.69) is 60.0 Å².